The Labute approximate surface area is 128 Å². The van der Waals surface area contributed by atoms with Crippen LogP contribution in [0.4, 0.5) is 0 Å². The molecule has 3 aromatic rings. The van der Waals surface area contributed by atoms with Crippen LogP contribution in [0.15, 0.2) is 34.9 Å². The van der Waals surface area contributed by atoms with E-state index >= 15 is 0 Å². The van der Waals surface area contributed by atoms with Crippen LogP contribution in [0.2, 0.25) is 0 Å². The van der Waals surface area contributed by atoms with E-state index in [1.807, 2.05) is 24.3 Å². The molecular formula is C14H11BrN4O2. The Bertz CT molecular complexity index is 844. The van der Waals surface area contributed by atoms with Crippen molar-refractivity contribution in [3.63, 3.8) is 0 Å². The molecule has 106 valence electrons. The number of aromatic nitrogens is 4. The summed E-state index contributed by atoms with van der Waals surface area (Å²) in [5.41, 5.74) is 2.73. The van der Waals surface area contributed by atoms with Gasteiger partial charge in [0, 0.05) is 16.1 Å². The maximum Gasteiger partial charge on any atom is 0.309 e. The number of pyridine rings is 1. The van der Waals surface area contributed by atoms with Gasteiger partial charge in [-0.2, -0.15) is 0 Å². The smallest absolute Gasteiger partial charge is 0.309 e. The Morgan fingerprint density at radius 1 is 1.43 bits per heavy atom. The van der Waals surface area contributed by atoms with Gasteiger partial charge in [0.05, 0.1) is 29.0 Å². The second-order valence-corrected chi connectivity index (χ2v) is 5.52. The normalized spacial score (nSPS) is 11.0. The Morgan fingerprint density at radius 2 is 2.24 bits per heavy atom. The number of aliphatic carboxylic acids is 1. The molecule has 0 aliphatic carbocycles. The minimum atomic E-state index is -0.926. The summed E-state index contributed by atoms with van der Waals surface area (Å²) < 4.78 is 2.52. The lowest BCUT2D eigenvalue weighted by Gasteiger charge is -2.07. The van der Waals surface area contributed by atoms with Crippen LogP contribution < -0.4 is 0 Å². The number of rotatable bonds is 3. The van der Waals surface area contributed by atoms with E-state index in [1.54, 1.807) is 17.8 Å². The van der Waals surface area contributed by atoms with Gasteiger partial charge in [0.25, 0.3) is 0 Å². The van der Waals surface area contributed by atoms with Crippen molar-refractivity contribution in [3.05, 3.63) is 46.3 Å². The van der Waals surface area contributed by atoms with E-state index in [0.717, 1.165) is 21.1 Å². The Morgan fingerprint density at radius 3 is 3.00 bits per heavy atom. The maximum atomic E-state index is 10.8. The first-order valence-electron chi connectivity index (χ1n) is 6.24. The summed E-state index contributed by atoms with van der Waals surface area (Å²) in [7, 11) is 0. The lowest BCUT2D eigenvalue weighted by molar-refractivity contribution is -0.136. The number of carboxylic acids is 1. The quantitative estimate of drug-likeness (QED) is 0.787. The SMILES string of the molecule is Cc1c(CC(=O)O)nnn1-c1cccc2cc(Br)cnc12. The molecule has 3 rings (SSSR count). The van der Waals surface area contributed by atoms with Crippen molar-refractivity contribution in [2.75, 3.05) is 0 Å². The summed E-state index contributed by atoms with van der Waals surface area (Å²) >= 11 is 3.40. The van der Waals surface area contributed by atoms with Crippen LogP contribution in [0, 0.1) is 6.92 Å². The molecular weight excluding hydrogens is 336 g/mol. The van der Waals surface area contributed by atoms with Crippen molar-refractivity contribution in [2.24, 2.45) is 0 Å². The van der Waals surface area contributed by atoms with Crippen LogP contribution >= 0.6 is 15.9 Å². The van der Waals surface area contributed by atoms with E-state index in [4.69, 9.17) is 5.11 Å². The summed E-state index contributed by atoms with van der Waals surface area (Å²) in [4.78, 5) is 15.2. The van der Waals surface area contributed by atoms with E-state index in [-0.39, 0.29) is 6.42 Å². The number of hydrogen-bond acceptors (Lipinski definition) is 4. The minimum Gasteiger partial charge on any atom is -0.481 e. The zero-order valence-electron chi connectivity index (χ0n) is 11.1. The Hall–Kier alpha value is -2.28. The van der Waals surface area contributed by atoms with Crippen LogP contribution in [0.3, 0.4) is 0 Å². The fraction of sp³-hybridized carbons (Fsp3) is 0.143. The third-order valence-electron chi connectivity index (χ3n) is 3.19. The molecule has 0 fully saturated rings. The van der Waals surface area contributed by atoms with E-state index in [9.17, 15) is 4.79 Å². The van der Waals surface area contributed by atoms with Crippen molar-refractivity contribution in [1.82, 2.24) is 20.0 Å². The topological polar surface area (TPSA) is 80.9 Å². The number of carboxylic acid groups (broad SMARTS) is 1. The lowest BCUT2D eigenvalue weighted by Crippen LogP contribution is -2.04. The molecule has 0 amide bonds. The standard InChI is InChI=1S/C14H11BrN4O2/c1-8-11(6-13(20)21)17-18-19(8)12-4-2-3-9-5-10(15)7-16-14(9)12/h2-5,7H,6H2,1H3,(H,20,21). The van der Waals surface area contributed by atoms with Gasteiger partial charge in [-0.1, -0.05) is 17.3 Å². The highest BCUT2D eigenvalue weighted by atomic mass is 79.9. The first kappa shape index (κ1) is 13.7. The summed E-state index contributed by atoms with van der Waals surface area (Å²) in [6.45, 7) is 1.80. The molecule has 0 saturated heterocycles. The predicted octanol–water partition coefficient (Wildman–Crippen LogP) is 2.51. The average molecular weight is 347 g/mol. The zero-order valence-corrected chi connectivity index (χ0v) is 12.7. The molecule has 6 nitrogen and oxygen atoms in total. The van der Waals surface area contributed by atoms with Gasteiger partial charge in [-0.25, -0.2) is 4.68 Å². The summed E-state index contributed by atoms with van der Waals surface area (Å²) in [6.07, 6.45) is 1.58. The molecule has 0 spiro atoms. The van der Waals surface area contributed by atoms with Crippen molar-refractivity contribution in [1.29, 1.82) is 0 Å². The van der Waals surface area contributed by atoms with Gasteiger partial charge in [0.2, 0.25) is 0 Å². The molecule has 0 unspecified atom stereocenters. The summed E-state index contributed by atoms with van der Waals surface area (Å²) in [5.74, 6) is -0.926. The van der Waals surface area contributed by atoms with Gasteiger partial charge in [-0.3, -0.25) is 9.78 Å². The van der Waals surface area contributed by atoms with E-state index in [0.29, 0.717) is 11.4 Å². The first-order chi connectivity index (χ1) is 10.1. The van der Waals surface area contributed by atoms with E-state index in [1.165, 1.54) is 0 Å². The predicted molar refractivity (Wildman–Crippen MR) is 80.4 cm³/mol. The number of fused-ring (bicyclic) bond motifs is 1. The minimum absolute atomic E-state index is 0.143. The second-order valence-electron chi connectivity index (χ2n) is 4.61. The van der Waals surface area contributed by atoms with Gasteiger partial charge in [-0.15, -0.1) is 5.10 Å². The molecule has 0 radical (unpaired) electrons. The molecule has 0 atom stereocenters. The summed E-state index contributed by atoms with van der Waals surface area (Å²) in [5, 5.41) is 17.9. The van der Waals surface area contributed by atoms with Crippen LogP contribution in [0.1, 0.15) is 11.4 Å². The van der Waals surface area contributed by atoms with Gasteiger partial charge >= 0.3 is 5.97 Å². The monoisotopic (exact) mass is 346 g/mol. The van der Waals surface area contributed by atoms with Crippen LogP contribution in [0.5, 0.6) is 0 Å². The number of benzene rings is 1. The fourth-order valence-electron chi connectivity index (χ4n) is 2.18. The highest BCUT2D eigenvalue weighted by molar-refractivity contribution is 9.10. The summed E-state index contributed by atoms with van der Waals surface area (Å²) in [6, 6.07) is 7.72. The van der Waals surface area contributed by atoms with Crippen LogP contribution in [0.25, 0.3) is 16.6 Å². The lowest BCUT2D eigenvalue weighted by atomic mass is 10.2. The molecule has 0 aliphatic heterocycles. The van der Waals surface area contributed by atoms with Crippen LogP contribution in [-0.2, 0) is 11.2 Å². The molecule has 0 bridgehead atoms. The number of nitrogens with zero attached hydrogens (tertiary/aromatic N) is 4. The number of halogens is 1. The maximum absolute atomic E-state index is 10.8. The molecule has 0 saturated carbocycles. The highest BCUT2D eigenvalue weighted by Crippen LogP contribution is 2.24. The largest absolute Gasteiger partial charge is 0.481 e. The zero-order chi connectivity index (χ0) is 15.0. The van der Waals surface area contributed by atoms with Crippen molar-refractivity contribution in [3.8, 4) is 5.69 Å². The molecule has 1 N–H and O–H groups in total. The van der Waals surface area contributed by atoms with Crippen molar-refractivity contribution in [2.45, 2.75) is 13.3 Å². The fourth-order valence-corrected chi connectivity index (χ4v) is 2.53. The third kappa shape index (κ3) is 2.52. The van der Waals surface area contributed by atoms with Gasteiger partial charge in [0.15, 0.2) is 0 Å². The second kappa shape index (κ2) is 5.25. The van der Waals surface area contributed by atoms with Gasteiger partial charge < -0.3 is 5.11 Å². The molecule has 0 aliphatic rings. The highest BCUT2D eigenvalue weighted by Gasteiger charge is 2.15. The molecule has 2 aromatic heterocycles. The van der Waals surface area contributed by atoms with E-state index < -0.39 is 5.97 Å². The van der Waals surface area contributed by atoms with E-state index in [2.05, 4.69) is 31.2 Å². The molecule has 7 heteroatoms. The van der Waals surface area contributed by atoms with Crippen molar-refractivity contribution >= 4 is 32.8 Å². The number of carbonyl (C=O) groups is 1. The number of para-hydroxylation sites is 1. The Kier molecular flexibility index (Phi) is 3.42. The molecule has 2 heterocycles. The van der Waals surface area contributed by atoms with Crippen LogP contribution in [-0.4, -0.2) is 31.1 Å². The first-order valence-corrected chi connectivity index (χ1v) is 7.03. The Balaban J connectivity index is 2.17. The third-order valence-corrected chi connectivity index (χ3v) is 3.63. The van der Waals surface area contributed by atoms with Gasteiger partial charge in [-0.05, 0) is 35.0 Å². The number of hydrogen-bond donors (Lipinski definition) is 1. The molecule has 1 aromatic carbocycles. The molecule has 21 heavy (non-hydrogen) atoms. The van der Waals surface area contributed by atoms with Crippen molar-refractivity contribution < 1.29 is 9.90 Å². The van der Waals surface area contributed by atoms with Gasteiger partial charge in [0.1, 0.15) is 0 Å². The average Bonchev–Trinajstić information content (AvgIpc) is 2.78.